The van der Waals surface area contributed by atoms with E-state index in [2.05, 4.69) is 76.2 Å². The van der Waals surface area contributed by atoms with Gasteiger partial charge in [-0.25, -0.2) is 9.78 Å². The molecule has 0 spiro atoms. The molecular formula is C24H34O2. The Labute approximate surface area is 159 Å². The first-order valence-corrected chi connectivity index (χ1v) is 9.60. The zero-order valence-electron chi connectivity index (χ0n) is 17.6. The van der Waals surface area contributed by atoms with Crippen LogP contribution >= 0.6 is 0 Å². The Morgan fingerprint density at radius 2 is 0.962 bits per heavy atom. The van der Waals surface area contributed by atoms with Crippen LogP contribution in [0, 0.1) is 0 Å². The van der Waals surface area contributed by atoms with Crippen molar-refractivity contribution in [3.8, 4) is 0 Å². The molecule has 0 bridgehead atoms. The lowest BCUT2D eigenvalue weighted by atomic mass is 9.92. The maximum absolute atomic E-state index is 5.97. The molecule has 0 aliphatic carbocycles. The van der Waals surface area contributed by atoms with Gasteiger partial charge in [-0.3, -0.25) is 0 Å². The highest BCUT2D eigenvalue weighted by Gasteiger charge is 2.30. The molecule has 2 aromatic carbocycles. The molecule has 0 heterocycles. The molecule has 0 aliphatic rings. The molecule has 0 saturated carbocycles. The third-order valence-corrected chi connectivity index (χ3v) is 4.96. The highest BCUT2D eigenvalue weighted by Crippen LogP contribution is 2.33. The minimum atomic E-state index is -0.530. The first kappa shape index (κ1) is 20.7. The highest BCUT2D eigenvalue weighted by molar-refractivity contribution is 5.30. The molecule has 0 unspecified atom stereocenters. The minimum absolute atomic E-state index is 0.488. The van der Waals surface area contributed by atoms with E-state index in [9.17, 15) is 0 Å². The Balaban J connectivity index is 2.17. The molecule has 0 N–H and O–H groups in total. The summed E-state index contributed by atoms with van der Waals surface area (Å²) >= 11 is 0. The summed E-state index contributed by atoms with van der Waals surface area (Å²) in [5.74, 6) is 0.976. The number of hydrogen-bond acceptors (Lipinski definition) is 2. The van der Waals surface area contributed by atoms with Crippen molar-refractivity contribution in [2.24, 2.45) is 0 Å². The Hall–Kier alpha value is -1.64. The summed E-state index contributed by atoms with van der Waals surface area (Å²) in [4.78, 5) is 11.9. The van der Waals surface area contributed by atoms with Crippen molar-refractivity contribution in [1.82, 2.24) is 0 Å². The average Bonchev–Trinajstić information content (AvgIpc) is 2.60. The van der Waals surface area contributed by atoms with Crippen LogP contribution in [0.2, 0.25) is 0 Å². The molecule has 0 saturated heterocycles. The third-order valence-electron chi connectivity index (χ3n) is 4.96. The summed E-state index contributed by atoms with van der Waals surface area (Å²) in [6.07, 6.45) is 0. The second-order valence-electron chi connectivity index (χ2n) is 8.75. The summed E-state index contributed by atoms with van der Waals surface area (Å²) in [5.41, 5.74) is 3.80. The van der Waals surface area contributed by atoms with Gasteiger partial charge in [-0.2, -0.15) is 0 Å². The van der Waals surface area contributed by atoms with Crippen molar-refractivity contribution < 1.29 is 9.78 Å². The number of rotatable bonds is 7. The zero-order chi connectivity index (χ0) is 19.5. The highest BCUT2D eigenvalue weighted by atomic mass is 17.2. The van der Waals surface area contributed by atoms with Gasteiger partial charge < -0.3 is 0 Å². The van der Waals surface area contributed by atoms with Gasteiger partial charge in [-0.05, 0) is 61.8 Å². The second-order valence-corrected chi connectivity index (χ2v) is 8.75. The summed E-state index contributed by atoms with van der Waals surface area (Å²) in [5, 5.41) is 0. The van der Waals surface area contributed by atoms with Gasteiger partial charge in [0, 0.05) is 0 Å². The van der Waals surface area contributed by atoms with Crippen molar-refractivity contribution in [3.63, 3.8) is 0 Å². The zero-order valence-corrected chi connectivity index (χ0v) is 17.6. The lowest BCUT2D eigenvalue weighted by Gasteiger charge is -2.32. The Kier molecular flexibility index (Phi) is 6.31. The molecule has 0 fully saturated rings. The van der Waals surface area contributed by atoms with Gasteiger partial charge in [-0.15, -0.1) is 0 Å². The fourth-order valence-electron chi connectivity index (χ4n) is 2.85. The fourth-order valence-corrected chi connectivity index (χ4v) is 2.85. The molecule has 26 heavy (non-hydrogen) atoms. The van der Waals surface area contributed by atoms with Crippen LogP contribution in [0.5, 0.6) is 0 Å². The Bertz CT molecular complexity index is 663. The van der Waals surface area contributed by atoms with Gasteiger partial charge in [0.2, 0.25) is 0 Å². The summed E-state index contributed by atoms with van der Waals surface area (Å²) < 4.78 is 0. The van der Waals surface area contributed by atoms with Crippen molar-refractivity contribution in [2.45, 2.75) is 78.4 Å². The van der Waals surface area contributed by atoms with Gasteiger partial charge in [0.25, 0.3) is 0 Å². The minimum Gasteiger partial charge on any atom is -0.225 e. The van der Waals surface area contributed by atoms with Crippen molar-refractivity contribution >= 4 is 0 Å². The van der Waals surface area contributed by atoms with Gasteiger partial charge in [0.1, 0.15) is 11.2 Å². The Morgan fingerprint density at radius 3 is 1.27 bits per heavy atom. The fraction of sp³-hybridized carbons (Fsp3) is 0.500. The van der Waals surface area contributed by atoms with E-state index < -0.39 is 11.2 Å². The second kappa shape index (κ2) is 7.94. The summed E-state index contributed by atoms with van der Waals surface area (Å²) in [6.45, 7) is 17.0. The monoisotopic (exact) mass is 354 g/mol. The Morgan fingerprint density at radius 1 is 0.615 bits per heavy atom. The first-order chi connectivity index (χ1) is 12.0. The maximum atomic E-state index is 5.97. The summed E-state index contributed by atoms with van der Waals surface area (Å²) in [6, 6.07) is 17.1. The maximum Gasteiger partial charge on any atom is 0.123 e. The lowest BCUT2D eigenvalue weighted by Crippen LogP contribution is -2.29. The lowest BCUT2D eigenvalue weighted by molar-refractivity contribution is -0.410. The topological polar surface area (TPSA) is 18.5 Å². The molecule has 0 radical (unpaired) electrons. The van der Waals surface area contributed by atoms with Crippen LogP contribution in [0.4, 0.5) is 0 Å². The van der Waals surface area contributed by atoms with E-state index in [1.54, 1.807) is 0 Å². The number of hydrogen-bond donors (Lipinski definition) is 0. The number of benzene rings is 2. The molecule has 0 atom stereocenters. The van der Waals surface area contributed by atoms with Crippen LogP contribution in [0.1, 0.15) is 89.5 Å². The van der Waals surface area contributed by atoms with Crippen LogP contribution in [-0.4, -0.2) is 0 Å². The smallest absolute Gasteiger partial charge is 0.123 e. The molecule has 0 amide bonds. The average molecular weight is 355 g/mol. The normalized spacial score (nSPS) is 12.8. The van der Waals surface area contributed by atoms with E-state index >= 15 is 0 Å². The van der Waals surface area contributed by atoms with E-state index in [0.717, 1.165) is 11.1 Å². The molecular weight excluding hydrogens is 320 g/mol. The van der Waals surface area contributed by atoms with Crippen LogP contribution in [-0.2, 0) is 21.0 Å². The van der Waals surface area contributed by atoms with Gasteiger partial charge in [-0.1, -0.05) is 76.2 Å². The quantitative estimate of drug-likeness (QED) is 0.392. The predicted octanol–water partition coefficient (Wildman–Crippen LogP) is 7.05. The van der Waals surface area contributed by atoms with Crippen LogP contribution < -0.4 is 0 Å². The van der Waals surface area contributed by atoms with Gasteiger partial charge >= 0.3 is 0 Å². The van der Waals surface area contributed by atoms with Crippen molar-refractivity contribution in [3.05, 3.63) is 70.8 Å². The molecule has 142 valence electrons. The molecule has 2 nitrogen and oxygen atoms in total. The van der Waals surface area contributed by atoms with E-state index in [1.165, 1.54) is 11.1 Å². The molecule has 2 heteroatoms. The largest absolute Gasteiger partial charge is 0.225 e. The van der Waals surface area contributed by atoms with Crippen LogP contribution in [0.25, 0.3) is 0 Å². The van der Waals surface area contributed by atoms with Gasteiger partial charge in [0.05, 0.1) is 0 Å². The summed E-state index contributed by atoms with van der Waals surface area (Å²) in [7, 11) is 0. The standard InChI is InChI=1S/C24H34O2/c1-17(2)19-11-9-13-21(15-19)23(5,6)25-26-24(7,8)22-14-10-12-20(16-22)18(3)4/h9-18H,1-8H3. The van der Waals surface area contributed by atoms with E-state index in [1.807, 2.05) is 27.7 Å². The first-order valence-electron chi connectivity index (χ1n) is 9.60. The van der Waals surface area contributed by atoms with Gasteiger partial charge in [0.15, 0.2) is 0 Å². The van der Waals surface area contributed by atoms with Crippen LogP contribution in [0.3, 0.4) is 0 Å². The van der Waals surface area contributed by atoms with E-state index in [-0.39, 0.29) is 0 Å². The third kappa shape index (κ3) is 4.96. The van der Waals surface area contributed by atoms with Crippen molar-refractivity contribution in [2.75, 3.05) is 0 Å². The van der Waals surface area contributed by atoms with E-state index in [4.69, 9.17) is 9.78 Å². The molecule has 0 aliphatic heterocycles. The van der Waals surface area contributed by atoms with Crippen LogP contribution in [0.15, 0.2) is 48.5 Å². The van der Waals surface area contributed by atoms with E-state index in [0.29, 0.717) is 11.8 Å². The molecule has 0 aromatic heterocycles. The molecule has 2 rings (SSSR count). The SMILES string of the molecule is CC(C)c1cccc(C(C)(C)OOC(C)(C)c2cccc(C(C)C)c2)c1. The predicted molar refractivity (Wildman–Crippen MR) is 109 cm³/mol. The molecule has 2 aromatic rings. The van der Waals surface area contributed by atoms with Crippen molar-refractivity contribution in [1.29, 1.82) is 0 Å².